The van der Waals surface area contributed by atoms with Gasteiger partial charge in [-0.25, -0.2) is 4.98 Å². The van der Waals surface area contributed by atoms with Crippen LogP contribution in [0.1, 0.15) is 31.2 Å². The van der Waals surface area contributed by atoms with Crippen LogP contribution in [0.25, 0.3) is 0 Å². The van der Waals surface area contributed by atoms with Gasteiger partial charge < -0.3 is 10.2 Å². The number of aromatic nitrogens is 1. The Morgan fingerprint density at radius 1 is 1.38 bits per heavy atom. The molecule has 21 heavy (non-hydrogen) atoms. The minimum absolute atomic E-state index is 0.506. The van der Waals surface area contributed by atoms with Crippen molar-refractivity contribution >= 4 is 22.2 Å². The third kappa shape index (κ3) is 3.27. The molecule has 3 rings (SSSR count). The van der Waals surface area contributed by atoms with Crippen LogP contribution >= 0.6 is 11.3 Å². The van der Waals surface area contributed by atoms with Crippen molar-refractivity contribution < 1.29 is 0 Å². The summed E-state index contributed by atoms with van der Waals surface area (Å²) >= 11 is 1.80. The molecule has 1 unspecified atom stereocenters. The molecule has 1 aromatic carbocycles. The van der Waals surface area contributed by atoms with Crippen molar-refractivity contribution in [2.45, 2.75) is 39.8 Å². The molecule has 0 aliphatic carbocycles. The lowest BCUT2D eigenvalue weighted by Gasteiger charge is -2.32. The topological polar surface area (TPSA) is 28.2 Å². The number of hydrogen-bond donors (Lipinski definition) is 1. The Balaban J connectivity index is 1.83. The molecule has 0 fully saturated rings. The van der Waals surface area contributed by atoms with E-state index in [-0.39, 0.29) is 0 Å². The van der Waals surface area contributed by atoms with Crippen molar-refractivity contribution in [3.63, 3.8) is 0 Å². The summed E-state index contributed by atoms with van der Waals surface area (Å²) in [5.74, 6) is 0.668. The molecule has 3 nitrogen and oxygen atoms in total. The number of para-hydroxylation sites is 1. The lowest BCUT2D eigenvalue weighted by Crippen LogP contribution is -2.30. The summed E-state index contributed by atoms with van der Waals surface area (Å²) in [6.45, 7) is 8.62. The Bertz CT molecular complexity index is 606. The lowest BCUT2D eigenvalue weighted by molar-refractivity contribution is 0.562. The smallest absolute Gasteiger partial charge is 0.190 e. The van der Waals surface area contributed by atoms with Crippen molar-refractivity contribution in [2.24, 2.45) is 5.92 Å². The van der Waals surface area contributed by atoms with Crippen molar-refractivity contribution in [1.29, 1.82) is 0 Å². The van der Waals surface area contributed by atoms with E-state index in [0.717, 1.165) is 18.2 Å². The highest BCUT2D eigenvalue weighted by Gasteiger charge is 2.24. The number of hydrogen-bond acceptors (Lipinski definition) is 4. The van der Waals surface area contributed by atoms with Gasteiger partial charge in [0.2, 0.25) is 0 Å². The van der Waals surface area contributed by atoms with Gasteiger partial charge in [-0.05, 0) is 24.0 Å². The van der Waals surface area contributed by atoms with Gasteiger partial charge in [-0.2, -0.15) is 0 Å². The van der Waals surface area contributed by atoms with E-state index in [9.17, 15) is 0 Å². The highest BCUT2D eigenvalue weighted by Crippen LogP contribution is 2.37. The normalized spacial score (nSPS) is 18.1. The number of nitrogens with zero attached hydrogens (tertiary/aromatic N) is 2. The van der Waals surface area contributed by atoms with E-state index in [1.165, 1.54) is 22.5 Å². The summed E-state index contributed by atoms with van der Waals surface area (Å²) < 4.78 is 0. The van der Waals surface area contributed by atoms with Gasteiger partial charge >= 0.3 is 0 Å². The first-order valence-electron chi connectivity index (χ1n) is 7.67. The molecule has 0 amide bonds. The molecule has 1 aromatic heterocycles. The van der Waals surface area contributed by atoms with Crippen LogP contribution in [0, 0.1) is 5.92 Å². The SMILES string of the molecule is CC1Cc2ccccc2N(c2ncc(CNC(C)C)s2)C1. The van der Waals surface area contributed by atoms with Crippen LogP contribution in [0.3, 0.4) is 0 Å². The van der Waals surface area contributed by atoms with E-state index >= 15 is 0 Å². The summed E-state index contributed by atoms with van der Waals surface area (Å²) in [5.41, 5.74) is 2.77. The van der Waals surface area contributed by atoms with Crippen molar-refractivity contribution in [3.8, 4) is 0 Å². The number of rotatable bonds is 4. The third-order valence-corrected chi connectivity index (χ3v) is 4.82. The summed E-state index contributed by atoms with van der Waals surface area (Å²) in [5, 5.41) is 4.58. The maximum atomic E-state index is 4.66. The molecule has 0 saturated heterocycles. The highest BCUT2D eigenvalue weighted by molar-refractivity contribution is 7.15. The molecule has 1 aliphatic rings. The fourth-order valence-electron chi connectivity index (χ4n) is 2.79. The average Bonchev–Trinajstić information content (AvgIpc) is 2.93. The minimum atomic E-state index is 0.506. The van der Waals surface area contributed by atoms with Crippen molar-refractivity contribution in [3.05, 3.63) is 40.9 Å². The molecule has 4 heteroatoms. The van der Waals surface area contributed by atoms with Gasteiger partial charge in [0.05, 0.1) is 0 Å². The molecular weight excluding hydrogens is 278 g/mol. The maximum Gasteiger partial charge on any atom is 0.190 e. The zero-order valence-electron chi connectivity index (χ0n) is 13.0. The first kappa shape index (κ1) is 14.5. The number of nitrogens with one attached hydrogen (secondary N) is 1. The van der Waals surface area contributed by atoms with E-state index in [0.29, 0.717) is 12.0 Å². The van der Waals surface area contributed by atoms with Gasteiger partial charge in [0.1, 0.15) is 0 Å². The van der Waals surface area contributed by atoms with Crippen LogP contribution < -0.4 is 10.2 Å². The van der Waals surface area contributed by atoms with Crippen molar-refractivity contribution in [2.75, 3.05) is 11.4 Å². The predicted octanol–water partition coefficient (Wildman–Crippen LogP) is 3.97. The zero-order valence-corrected chi connectivity index (χ0v) is 13.8. The van der Waals surface area contributed by atoms with Crippen LogP contribution in [0.2, 0.25) is 0 Å². The van der Waals surface area contributed by atoms with E-state index in [4.69, 9.17) is 0 Å². The Morgan fingerprint density at radius 3 is 3.00 bits per heavy atom. The summed E-state index contributed by atoms with van der Waals surface area (Å²) in [4.78, 5) is 8.34. The first-order chi connectivity index (χ1) is 10.1. The van der Waals surface area contributed by atoms with Gasteiger partial charge in [-0.3, -0.25) is 0 Å². The fraction of sp³-hybridized carbons (Fsp3) is 0.471. The van der Waals surface area contributed by atoms with Crippen LogP contribution in [0.5, 0.6) is 0 Å². The monoisotopic (exact) mass is 301 g/mol. The molecule has 0 spiro atoms. The van der Waals surface area contributed by atoms with E-state index < -0.39 is 0 Å². The maximum absolute atomic E-state index is 4.66. The standard InChI is InChI=1S/C17H23N3S/c1-12(2)18-9-15-10-19-17(21-15)20-11-13(3)8-14-6-4-5-7-16(14)20/h4-7,10,12-13,18H,8-9,11H2,1-3H3. The second-order valence-corrected chi connectivity index (χ2v) is 7.29. The second-order valence-electron chi connectivity index (χ2n) is 6.19. The molecule has 0 bridgehead atoms. The summed E-state index contributed by atoms with van der Waals surface area (Å²) in [6, 6.07) is 9.22. The molecule has 112 valence electrons. The average molecular weight is 301 g/mol. The van der Waals surface area contributed by atoms with Gasteiger partial charge in [-0.15, -0.1) is 11.3 Å². The Labute approximate surface area is 131 Å². The number of thiazole rings is 1. The fourth-order valence-corrected chi connectivity index (χ4v) is 3.67. The Hall–Kier alpha value is -1.39. The highest BCUT2D eigenvalue weighted by atomic mass is 32.1. The largest absolute Gasteiger partial charge is 0.317 e. The number of anilines is 2. The van der Waals surface area contributed by atoms with Gasteiger partial charge in [-0.1, -0.05) is 39.0 Å². The minimum Gasteiger partial charge on any atom is -0.317 e. The van der Waals surface area contributed by atoms with E-state index in [1.54, 1.807) is 11.3 Å². The zero-order chi connectivity index (χ0) is 14.8. The number of fused-ring (bicyclic) bond motifs is 1. The van der Waals surface area contributed by atoms with Crippen LogP contribution in [0.15, 0.2) is 30.5 Å². The molecule has 0 saturated carbocycles. The summed E-state index contributed by atoms with van der Waals surface area (Å²) in [7, 11) is 0. The van der Waals surface area contributed by atoms with E-state index in [2.05, 4.69) is 60.2 Å². The third-order valence-electron chi connectivity index (χ3n) is 3.80. The number of benzene rings is 1. The van der Waals surface area contributed by atoms with Gasteiger partial charge in [0, 0.05) is 35.9 Å². The Kier molecular flexibility index (Phi) is 4.27. The molecule has 0 radical (unpaired) electrons. The molecular formula is C17H23N3S. The quantitative estimate of drug-likeness (QED) is 0.926. The molecule has 1 atom stereocenters. The molecule has 2 heterocycles. The van der Waals surface area contributed by atoms with E-state index in [1.807, 2.05) is 6.20 Å². The summed E-state index contributed by atoms with van der Waals surface area (Å²) in [6.07, 6.45) is 3.18. The first-order valence-corrected chi connectivity index (χ1v) is 8.48. The molecule has 2 aromatic rings. The lowest BCUT2D eigenvalue weighted by atomic mass is 9.94. The van der Waals surface area contributed by atoms with Gasteiger partial charge in [0.15, 0.2) is 5.13 Å². The molecule has 1 N–H and O–H groups in total. The second kappa shape index (κ2) is 6.16. The van der Waals surface area contributed by atoms with Crippen molar-refractivity contribution in [1.82, 2.24) is 10.3 Å². The van der Waals surface area contributed by atoms with Crippen LogP contribution in [0.4, 0.5) is 10.8 Å². The molecule has 1 aliphatic heterocycles. The Morgan fingerprint density at radius 2 is 2.19 bits per heavy atom. The van der Waals surface area contributed by atoms with Crippen LogP contribution in [-0.2, 0) is 13.0 Å². The van der Waals surface area contributed by atoms with Crippen LogP contribution in [-0.4, -0.2) is 17.6 Å². The van der Waals surface area contributed by atoms with Gasteiger partial charge in [0.25, 0.3) is 0 Å². The predicted molar refractivity (Wildman–Crippen MR) is 90.4 cm³/mol.